The lowest BCUT2D eigenvalue weighted by Gasteiger charge is -2.20. The zero-order valence-corrected chi connectivity index (χ0v) is 13.2. The smallest absolute Gasteiger partial charge is 0.213 e. The summed E-state index contributed by atoms with van der Waals surface area (Å²) in [6, 6.07) is 0. The molecular formula is C13H22N4O2S. The van der Waals surface area contributed by atoms with Crippen LogP contribution in [0.1, 0.15) is 25.1 Å². The molecule has 0 saturated carbocycles. The number of hydrogen-bond acceptors (Lipinski definition) is 5. The number of sulfonamides is 1. The first-order chi connectivity index (χ1) is 9.49. The van der Waals surface area contributed by atoms with Gasteiger partial charge in [-0.1, -0.05) is 0 Å². The second-order valence-corrected chi connectivity index (χ2v) is 7.19. The molecular weight excluding hydrogens is 276 g/mol. The average molecular weight is 298 g/mol. The summed E-state index contributed by atoms with van der Waals surface area (Å²) in [5, 5.41) is 0. The first-order valence-electron chi connectivity index (χ1n) is 7.01. The van der Waals surface area contributed by atoms with E-state index in [1.54, 1.807) is 17.6 Å². The van der Waals surface area contributed by atoms with Gasteiger partial charge in [0.05, 0.1) is 11.4 Å². The molecule has 0 fully saturated rings. The van der Waals surface area contributed by atoms with E-state index < -0.39 is 10.0 Å². The number of fused-ring (bicyclic) bond motifs is 1. The monoisotopic (exact) mass is 298 g/mol. The number of aromatic nitrogens is 2. The Kier molecular flexibility index (Phi) is 4.59. The molecule has 1 aromatic rings. The molecule has 1 aliphatic rings. The van der Waals surface area contributed by atoms with Crippen molar-refractivity contribution in [2.24, 2.45) is 0 Å². The number of anilines is 1. The molecule has 6 nitrogen and oxygen atoms in total. The van der Waals surface area contributed by atoms with Gasteiger partial charge in [-0.2, -0.15) is 0 Å². The summed E-state index contributed by atoms with van der Waals surface area (Å²) < 4.78 is 25.6. The molecule has 0 amide bonds. The van der Waals surface area contributed by atoms with E-state index in [4.69, 9.17) is 0 Å². The molecule has 1 aliphatic heterocycles. The van der Waals surface area contributed by atoms with E-state index in [1.165, 1.54) is 0 Å². The van der Waals surface area contributed by atoms with E-state index >= 15 is 0 Å². The van der Waals surface area contributed by atoms with E-state index in [2.05, 4.69) is 21.8 Å². The van der Waals surface area contributed by atoms with Crippen molar-refractivity contribution in [3.63, 3.8) is 0 Å². The van der Waals surface area contributed by atoms with Gasteiger partial charge in [-0.3, -0.25) is 0 Å². The van der Waals surface area contributed by atoms with Crippen LogP contribution in [0.15, 0.2) is 6.33 Å². The SMILES string of the molecule is CCN(C)c1ncnc2c1CCN(S(=O)(=O)CC)CC2. The number of nitrogens with zero attached hydrogens (tertiary/aromatic N) is 4. The number of hydrogen-bond donors (Lipinski definition) is 0. The van der Waals surface area contributed by atoms with Crippen LogP contribution < -0.4 is 4.90 Å². The fraction of sp³-hybridized carbons (Fsp3) is 0.692. The molecule has 0 saturated heterocycles. The molecule has 2 rings (SSSR count). The van der Waals surface area contributed by atoms with E-state index in [-0.39, 0.29) is 5.75 Å². The lowest BCUT2D eigenvalue weighted by molar-refractivity contribution is 0.427. The molecule has 20 heavy (non-hydrogen) atoms. The minimum atomic E-state index is -3.13. The predicted octanol–water partition coefficient (Wildman–Crippen LogP) is 0.683. The Bertz CT molecular complexity index is 574. The molecule has 0 bridgehead atoms. The molecule has 0 aromatic carbocycles. The highest BCUT2D eigenvalue weighted by Crippen LogP contribution is 2.23. The van der Waals surface area contributed by atoms with E-state index in [0.29, 0.717) is 25.9 Å². The summed E-state index contributed by atoms with van der Waals surface area (Å²) in [7, 11) is -1.14. The van der Waals surface area contributed by atoms with Gasteiger partial charge in [0.15, 0.2) is 0 Å². The summed E-state index contributed by atoms with van der Waals surface area (Å²) in [5.41, 5.74) is 2.06. The Morgan fingerprint density at radius 2 is 1.95 bits per heavy atom. The Labute approximate surface area is 120 Å². The average Bonchev–Trinajstić information content (AvgIpc) is 2.69. The van der Waals surface area contributed by atoms with Gasteiger partial charge in [-0.15, -0.1) is 0 Å². The highest BCUT2D eigenvalue weighted by Gasteiger charge is 2.25. The summed E-state index contributed by atoms with van der Waals surface area (Å²) in [6.45, 7) is 5.64. The van der Waals surface area contributed by atoms with Gasteiger partial charge in [0, 0.05) is 38.7 Å². The van der Waals surface area contributed by atoms with Gasteiger partial charge in [0.2, 0.25) is 10.0 Å². The van der Waals surface area contributed by atoms with Crippen molar-refractivity contribution in [3.8, 4) is 0 Å². The Morgan fingerprint density at radius 3 is 2.60 bits per heavy atom. The van der Waals surface area contributed by atoms with Gasteiger partial charge in [0.25, 0.3) is 0 Å². The summed E-state index contributed by atoms with van der Waals surface area (Å²) in [4.78, 5) is 10.8. The van der Waals surface area contributed by atoms with Crippen molar-refractivity contribution < 1.29 is 8.42 Å². The van der Waals surface area contributed by atoms with Gasteiger partial charge < -0.3 is 4.90 Å². The second kappa shape index (κ2) is 6.05. The standard InChI is InChI=1S/C13H22N4O2S/c1-4-16(3)13-11-6-8-17(20(18,19)5-2)9-7-12(11)14-10-15-13/h10H,4-9H2,1-3H3. The third kappa shape index (κ3) is 2.93. The van der Waals surface area contributed by atoms with Crippen LogP contribution in [0, 0.1) is 0 Å². The lowest BCUT2D eigenvalue weighted by Crippen LogP contribution is -2.34. The Balaban J connectivity index is 2.30. The third-order valence-electron chi connectivity index (χ3n) is 3.82. The largest absolute Gasteiger partial charge is 0.360 e. The van der Waals surface area contributed by atoms with Crippen LogP contribution in [0.5, 0.6) is 0 Å². The molecule has 7 heteroatoms. The zero-order valence-electron chi connectivity index (χ0n) is 12.3. The highest BCUT2D eigenvalue weighted by atomic mass is 32.2. The van der Waals surface area contributed by atoms with Crippen LogP contribution in [-0.2, 0) is 22.9 Å². The maximum absolute atomic E-state index is 12.0. The molecule has 0 spiro atoms. The zero-order chi connectivity index (χ0) is 14.8. The maximum atomic E-state index is 12.0. The fourth-order valence-electron chi connectivity index (χ4n) is 2.43. The van der Waals surface area contributed by atoms with Crippen LogP contribution in [-0.4, -0.2) is 55.1 Å². The molecule has 0 atom stereocenters. The Morgan fingerprint density at radius 1 is 1.25 bits per heavy atom. The highest BCUT2D eigenvalue weighted by molar-refractivity contribution is 7.89. The van der Waals surface area contributed by atoms with Gasteiger partial charge >= 0.3 is 0 Å². The van der Waals surface area contributed by atoms with Crippen LogP contribution >= 0.6 is 0 Å². The molecule has 0 N–H and O–H groups in total. The van der Waals surface area contributed by atoms with Gasteiger partial charge in [-0.05, 0) is 20.3 Å². The quantitative estimate of drug-likeness (QED) is 0.818. The van der Waals surface area contributed by atoms with Crippen molar-refractivity contribution in [1.82, 2.24) is 14.3 Å². The third-order valence-corrected chi connectivity index (χ3v) is 5.70. The van der Waals surface area contributed by atoms with Gasteiger partial charge in [0.1, 0.15) is 12.1 Å². The topological polar surface area (TPSA) is 66.4 Å². The summed E-state index contributed by atoms with van der Waals surface area (Å²) in [5.74, 6) is 1.07. The minimum Gasteiger partial charge on any atom is -0.360 e. The fourth-order valence-corrected chi connectivity index (χ4v) is 3.53. The molecule has 1 aromatic heterocycles. The van der Waals surface area contributed by atoms with Crippen molar-refractivity contribution in [3.05, 3.63) is 17.6 Å². The molecule has 0 aliphatic carbocycles. The first-order valence-corrected chi connectivity index (χ1v) is 8.62. The molecule has 112 valence electrons. The van der Waals surface area contributed by atoms with Crippen molar-refractivity contribution in [2.75, 3.05) is 37.3 Å². The lowest BCUT2D eigenvalue weighted by atomic mass is 10.1. The normalized spacial score (nSPS) is 16.6. The van der Waals surface area contributed by atoms with E-state index in [9.17, 15) is 8.42 Å². The molecule has 0 unspecified atom stereocenters. The van der Waals surface area contributed by atoms with Crippen LogP contribution in [0.3, 0.4) is 0 Å². The summed E-state index contributed by atoms with van der Waals surface area (Å²) >= 11 is 0. The van der Waals surface area contributed by atoms with Crippen LogP contribution in [0.4, 0.5) is 5.82 Å². The van der Waals surface area contributed by atoms with Gasteiger partial charge in [-0.25, -0.2) is 22.7 Å². The molecule has 0 radical (unpaired) electrons. The first kappa shape index (κ1) is 15.2. The second-order valence-electron chi connectivity index (χ2n) is 4.94. The molecule has 2 heterocycles. The minimum absolute atomic E-state index is 0.150. The van der Waals surface area contributed by atoms with E-state index in [1.807, 2.05) is 7.05 Å². The van der Waals surface area contributed by atoms with Crippen molar-refractivity contribution >= 4 is 15.8 Å². The van der Waals surface area contributed by atoms with Crippen LogP contribution in [0.25, 0.3) is 0 Å². The van der Waals surface area contributed by atoms with E-state index in [0.717, 1.165) is 23.6 Å². The Hall–Kier alpha value is -1.21. The van der Waals surface area contributed by atoms with Crippen molar-refractivity contribution in [2.45, 2.75) is 26.7 Å². The van der Waals surface area contributed by atoms with Crippen LogP contribution in [0.2, 0.25) is 0 Å². The number of rotatable bonds is 4. The van der Waals surface area contributed by atoms with Crippen molar-refractivity contribution in [1.29, 1.82) is 0 Å². The maximum Gasteiger partial charge on any atom is 0.213 e. The predicted molar refractivity (Wildman–Crippen MR) is 79.4 cm³/mol. The summed E-state index contributed by atoms with van der Waals surface area (Å²) in [6.07, 6.45) is 2.90.